The van der Waals surface area contributed by atoms with Crippen LogP contribution in [0.15, 0.2) is 24.3 Å². The van der Waals surface area contributed by atoms with Gasteiger partial charge in [-0.3, -0.25) is 0 Å². The average molecular weight is 290 g/mol. The average Bonchev–Trinajstić information content (AvgIpc) is 2.48. The van der Waals surface area contributed by atoms with Crippen molar-refractivity contribution in [2.75, 3.05) is 6.54 Å². The van der Waals surface area contributed by atoms with Gasteiger partial charge in [-0.15, -0.1) is 0 Å². The van der Waals surface area contributed by atoms with Crippen LogP contribution in [0.4, 0.5) is 0 Å². The van der Waals surface area contributed by atoms with E-state index in [0.29, 0.717) is 12.0 Å². The lowest BCUT2D eigenvalue weighted by atomic mass is 9.85. The molecule has 0 bridgehead atoms. The molecule has 0 fully saturated rings. The molecule has 1 aromatic rings. The molecule has 1 atom stereocenters. The van der Waals surface area contributed by atoms with E-state index < -0.39 is 0 Å². The molecule has 1 unspecified atom stereocenters. The second-order valence-corrected chi connectivity index (χ2v) is 6.59. The minimum atomic E-state index is 0.520. The summed E-state index contributed by atoms with van der Waals surface area (Å²) in [5.74, 6) is 1.37. The molecule has 1 aromatic carbocycles. The maximum Gasteiger partial charge on any atom is 0.0348 e. The Morgan fingerprint density at radius 2 is 1.33 bits per heavy atom. The van der Waals surface area contributed by atoms with Crippen molar-refractivity contribution in [1.82, 2.24) is 5.32 Å². The van der Waals surface area contributed by atoms with Gasteiger partial charge in [-0.1, -0.05) is 71.7 Å². The predicted molar refractivity (Wildman–Crippen MR) is 94.9 cm³/mol. The molecule has 0 heterocycles. The summed E-state index contributed by atoms with van der Waals surface area (Å²) in [7, 11) is 0. The molecule has 120 valence electrons. The van der Waals surface area contributed by atoms with Crippen LogP contribution in [-0.4, -0.2) is 6.54 Å². The van der Waals surface area contributed by atoms with Crippen LogP contribution in [0.3, 0.4) is 0 Å². The molecule has 0 aliphatic heterocycles. The summed E-state index contributed by atoms with van der Waals surface area (Å²) in [6.45, 7) is 12.5. The number of nitrogens with one attached hydrogen (secondary N) is 1. The van der Waals surface area contributed by atoms with Gasteiger partial charge < -0.3 is 5.32 Å². The highest BCUT2D eigenvalue weighted by molar-refractivity contribution is 5.27. The molecule has 0 spiro atoms. The highest BCUT2D eigenvalue weighted by Crippen LogP contribution is 2.30. The van der Waals surface area contributed by atoms with Crippen molar-refractivity contribution in [2.24, 2.45) is 5.92 Å². The van der Waals surface area contributed by atoms with E-state index in [1.165, 1.54) is 43.2 Å². The fraction of sp³-hybridized carbons (Fsp3) is 0.700. The standard InChI is InChI=1S/C20H35N/c1-6-9-18(10-7-2)20(21-15-8-3)19-13-11-17(12-14-19)16(4)5/h11-14,16,18,20-21H,6-10,15H2,1-5H3. The highest BCUT2D eigenvalue weighted by Gasteiger charge is 2.21. The molecule has 0 radical (unpaired) electrons. The van der Waals surface area contributed by atoms with E-state index in [1.54, 1.807) is 0 Å². The fourth-order valence-corrected chi connectivity index (χ4v) is 3.16. The Kier molecular flexibility index (Phi) is 8.68. The maximum atomic E-state index is 3.80. The summed E-state index contributed by atoms with van der Waals surface area (Å²) >= 11 is 0. The van der Waals surface area contributed by atoms with Crippen LogP contribution >= 0.6 is 0 Å². The van der Waals surface area contributed by atoms with Gasteiger partial charge in [0.1, 0.15) is 0 Å². The van der Waals surface area contributed by atoms with Gasteiger partial charge in [0.25, 0.3) is 0 Å². The molecule has 1 N–H and O–H groups in total. The Bertz CT molecular complexity index is 360. The summed E-state index contributed by atoms with van der Waals surface area (Å²) in [4.78, 5) is 0. The molecule has 21 heavy (non-hydrogen) atoms. The van der Waals surface area contributed by atoms with E-state index in [9.17, 15) is 0 Å². The van der Waals surface area contributed by atoms with Gasteiger partial charge in [0, 0.05) is 6.04 Å². The van der Waals surface area contributed by atoms with Gasteiger partial charge >= 0.3 is 0 Å². The number of hydrogen-bond donors (Lipinski definition) is 1. The van der Waals surface area contributed by atoms with Crippen LogP contribution in [0.1, 0.15) is 89.8 Å². The smallest absolute Gasteiger partial charge is 0.0348 e. The van der Waals surface area contributed by atoms with Crippen LogP contribution in [0.25, 0.3) is 0 Å². The zero-order valence-electron chi connectivity index (χ0n) is 14.8. The van der Waals surface area contributed by atoms with E-state index in [2.05, 4.69) is 64.2 Å². The Balaban J connectivity index is 2.93. The largest absolute Gasteiger partial charge is 0.310 e. The van der Waals surface area contributed by atoms with Crippen LogP contribution in [0.5, 0.6) is 0 Å². The molecule has 0 aliphatic carbocycles. The Hall–Kier alpha value is -0.820. The van der Waals surface area contributed by atoms with Gasteiger partial charge in [0.2, 0.25) is 0 Å². The molecular weight excluding hydrogens is 254 g/mol. The normalized spacial score (nSPS) is 13.1. The van der Waals surface area contributed by atoms with Crippen LogP contribution in [0, 0.1) is 5.92 Å². The number of hydrogen-bond acceptors (Lipinski definition) is 1. The van der Waals surface area contributed by atoms with Gasteiger partial charge in [0.15, 0.2) is 0 Å². The summed E-state index contributed by atoms with van der Waals surface area (Å²) in [6.07, 6.45) is 6.39. The third kappa shape index (κ3) is 5.82. The maximum absolute atomic E-state index is 3.80. The molecule has 0 saturated carbocycles. The van der Waals surface area contributed by atoms with Crippen molar-refractivity contribution in [3.05, 3.63) is 35.4 Å². The third-order valence-corrected chi connectivity index (χ3v) is 4.37. The third-order valence-electron chi connectivity index (χ3n) is 4.37. The molecule has 0 aliphatic rings. The Labute approximate surface area is 132 Å². The molecule has 0 saturated heterocycles. The number of rotatable bonds is 10. The van der Waals surface area contributed by atoms with E-state index in [4.69, 9.17) is 0 Å². The van der Waals surface area contributed by atoms with Gasteiger partial charge in [-0.05, 0) is 48.8 Å². The van der Waals surface area contributed by atoms with Crippen molar-refractivity contribution >= 4 is 0 Å². The Morgan fingerprint density at radius 1 is 0.810 bits per heavy atom. The monoisotopic (exact) mass is 289 g/mol. The first-order valence-corrected chi connectivity index (χ1v) is 8.97. The van der Waals surface area contributed by atoms with Gasteiger partial charge in [0.05, 0.1) is 0 Å². The minimum Gasteiger partial charge on any atom is -0.310 e. The predicted octanol–water partition coefficient (Wildman–Crippen LogP) is 6.07. The van der Waals surface area contributed by atoms with Gasteiger partial charge in [-0.25, -0.2) is 0 Å². The van der Waals surface area contributed by atoms with Crippen molar-refractivity contribution in [2.45, 2.75) is 78.7 Å². The van der Waals surface area contributed by atoms with Crippen molar-refractivity contribution in [3.63, 3.8) is 0 Å². The van der Waals surface area contributed by atoms with Crippen molar-refractivity contribution in [3.8, 4) is 0 Å². The lowest BCUT2D eigenvalue weighted by Crippen LogP contribution is -2.29. The topological polar surface area (TPSA) is 12.0 Å². The van der Waals surface area contributed by atoms with Crippen LogP contribution in [-0.2, 0) is 0 Å². The SMILES string of the molecule is CCCNC(c1ccc(C(C)C)cc1)C(CCC)CCC. The molecule has 1 heteroatoms. The summed E-state index contributed by atoms with van der Waals surface area (Å²) in [5, 5.41) is 3.80. The molecule has 1 rings (SSSR count). The molecule has 1 nitrogen and oxygen atoms in total. The lowest BCUT2D eigenvalue weighted by molar-refractivity contribution is 0.316. The van der Waals surface area contributed by atoms with E-state index >= 15 is 0 Å². The van der Waals surface area contributed by atoms with Crippen LogP contribution < -0.4 is 5.32 Å². The van der Waals surface area contributed by atoms with E-state index in [0.717, 1.165) is 12.5 Å². The number of benzene rings is 1. The molecule has 0 amide bonds. The lowest BCUT2D eigenvalue weighted by Gasteiger charge is -2.29. The first kappa shape index (κ1) is 18.2. The van der Waals surface area contributed by atoms with Crippen molar-refractivity contribution in [1.29, 1.82) is 0 Å². The molecular formula is C20H35N. The van der Waals surface area contributed by atoms with Gasteiger partial charge in [-0.2, -0.15) is 0 Å². The minimum absolute atomic E-state index is 0.520. The highest BCUT2D eigenvalue weighted by atomic mass is 14.9. The first-order valence-electron chi connectivity index (χ1n) is 8.97. The molecule has 0 aromatic heterocycles. The zero-order chi connectivity index (χ0) is 15.7. The second kappa shape index (κ2) is 10.00. The second-order valence-electron chi connectivity index (χ2n) is 6.59. The quantitative estimate of drug-likeness (QED) is 0.551. The summed E-state index contributed by atoms with van der Waals surface area (Å²) < 4.78 is 0. The fourth-order valence-electron chi connectivity index (χ4n) is 3.16. The summed E-state index contributed by atoms with van der Waals surface area (Å²) in [6, 6.07) is 9.85. The van der Waals surface area contributed by atoms with Crippen LogP contribution in [0.2, 0.25) is 0 Å². The first-order chi connectivity index (χ1) is 10.1. The zero-order valence-corrected chi connectivity index (χ0v) is 14.8. The van der Waals surface area contributed by atoms with E-state index in [1.807, 2.05) is 0 Å². The Morgan fingerprint density at radius 3 is 1.76 bits per heavy atom. The van der Waals surface area contributed by atoms with E-state index in [-0.39, 0.29) is 0 Å². The van der Waals surface area contributed by atoms with Crippen molar-refractivity contribution < 1.29 is 0 Å². The summed E-state index contributed by atoms with van der Waals surface area (Å²) in [5.41, 5.74) is 2.91.